The minimum absolute atomic E-state index is 0.402. The van der Waals surface area contributed by atoms with Crippen molar-refractivity contribution in [3.05, 3.63) is 65.2 Å². The molecule has 1 N–H and O–H groups in total. The highest BCUT2D eigenvalue weighted by Gasteiger charge is 2.29. The van der Waals surface area contributed by atoms with E-state index in [1.807, 2.05) is 13.0 Å². The van der Waals surface area contributed by atoms with Crippen LogP contribution in [0.15, 0.2) is 53.4 Å². The molecule has 0 aromatic heterocycles. The van der Waals surface area contributed by atoms with E-state index in [0.29, 0.717) is 23.3 Å². The molecule has 150 valence electrons. The van der Waals surface area contributed by atoms with E-state index < -0.39 is 10.0 Å². The molecule has 0 radical (unpaired) electrons. The zero-order valence-electron chi connectivity index (χ0n) is 16.6. The lowest BCUT2D eigenvalue weighted by Gasteiger charge is -2.30. The number of fused-ring (bicyclic) bond motifs is 1. The van der Waals surface area contributed by atoms with Gasteiger partial charge in [-0.05, 0) is 72.9 Å². The molecule has 0 spiro atoms. The minimum atomic E-state index is -3.38. The van der Waals surface area contributed by atoms with Crippen molar-refractivity contribution in [2.24, 2.45) is 0 Å². The first-order chi connectivity index (χ1) is 13.6. The molecule has 1 aliphatic carbocycles. The van der Waals surface area contributed by atoms with Crippen LogP contribution in [-0.2, 0) is 16.4 Å². The fourth-order valence-electron chi connectivity index (χ4n) is 4.83. The van der Waals surface area contributed by atoms with Gasteiger partial charge in [-0.2, -0.15) is 0 Å². The number of nitrogens with zero attached hydrogens (tertiary/aromatic N) is 1. The fraction of sp³-hybridized carbons (Fsp3) is 0.478. The number of benzene rings is 2. The molecule has 1 aliphatic heterocycles. The third-order valence-electron chi connectivity index (χ3n) is 6.22. The number of aryl methyl sites for hydroxylation is 1. The Morgan fingerprint density at radius 3 is 2.71 bits per heavy atom. The highest BCUT2D eigenvalue weighted by molar-refractivity contribution is 7.89. The van der Waals surface area contributed by atoms with Gasteiger partial charge in [0.2, 0.25) is 10.0 Å². The maximum absolute atomic E-state index is 12.3. The van der Waals surface area contributed by atoms with Crippen molar-refractivity contribution in [2.75, 3.05) is 26.2 Å². The predicted octanol–water partition coefficient (Wildman–Crippen LogP) is 3.89. The topological polar surface area (TPSA) is 49.4 Å². The van der Waals surface area contributed by atoms with Gasteiger partial charge in [0.25, 0.3) is 0 Å². The molecule has 2 atom stereocenters. The number of hydrogen-bond acceptors (Lipinski definition) is 3. The molecule has 0 amide bonds. The number of rotatable bonds is 6. The summed E-state index contributed by atoms with van der Waals surface area (Å²) in [7, 11) is -3.38. The number of sulfonamides is 1. The van der Waals surface area contributed by atoms with Gasteiger partial charge in [0, 0.05) is 19.6 Å². The van der Waals surface area contributed by atoms with Crippen LogP contribution in [-0.4, -0.2) is 39.5 Å². The van der Waals surface area contributed by atoms with Crippen molar-refractivity contribution in [3.8, 4) is 0 Å². The van der Waals surface area contributed by atoms with Gasteiger partial charge in [-0.15, -0.1) is 0 Å². The maximum Gasteiger partial charge on any atom is 0.240 e. The molecule has 2 aromatic rings. The van der Waals surface area contributed by atoms with Gasteiger partial charge in [-0.1, -0.05) is 43.3 Å². The van der Waals surface area contributed by atoms with Crippen molar-refractivity contribution >= 4 is 10.0 Å². The molecule has 2 aromatic carbocycles. The van der Waals surface area contributed by atoms with Crippen molar-refractivity contribution in [2.45, 2.75) is 49.3 Å². The smallest absolute Gasteiger partial charge is 0.240 e. The molecular formula is C23H30N2O2S. The Morgan fingerprint density at radius 2 is 1.93 bits per heavy atom. The molecule has 28 heavy (non-hydrogen) atoms. The molecule has 2 aliphatic rings. The molecular weight excluding hydrogens is 368 g/mol. The predicted molar refractivity (Wildman–Crippen MR) is 113 cm³/mol. The lowest BCUT2D eigenvalue weighted by atomic mass is 9.82. The van der Waals surface area contributed by atoms with Crippen LogP contribution in [0.5, 0.6) is 0 Å². The molecule has 2 unspecified atom stereocenters. The van der Waals surface area contributed by atoms with E-state index in [1.54, 1.807) is 6.07 Å². The zero-order valence-corrected chi connectivity index (χ0v) is 17.4. The van der Waals surface area contributed by atoms with Crippen LogP contribution < -0.4 is 4.72 Å². The van der Waals surface area contributed by atoms with Crippen molar-refractivity contribution in [3.63, 3.8) is 0 Å². The van der Waals surface area contributed by atoms with Crippen LogP contribution in [0.2, 0.25) is 0 Å². The second-order valence-electron chi connectivity index (χ2n) is 8.11. The molecule has 0 bridgehead atoms. The first-order valence-electron chi connectivity index (χ1n) is 10.5. The minimum Gasteiger partial charge on any atom is -0.302 e. The Kier molecular flexibility index (Phi) is 5.85. The maximum atomic E-state index is 12.3. The zero-order chi connectivity index (χ0) is 19.6. The summed E-state index contributed by atoms with van der Waals surface area (Å²) in [5.74, 6) is 1.14. The second-order valence-corrected chi connectivity index (χ2v) is 9.87. The van der Waals surface area contributed by atoms with Gasteiger partial charge in [0.15, 0.2) is 0 Å². The Hall–Kier alpha value is -1.69. The lowest BCUT2D eigenvalue weighted by Crippen LogP contribution is -2.28. The average Bonchev–Trinajstić information content (AvgIpc) is 3.17. The summed E-state index contributed by atoms with van der Waals surface area (Å²) < 4.78 is 27.3. The Balaban J connectivity index is 1.47. The van der Waals surface area contributed by atoms with E-state index in [1.165, 1.54) is 29.5 Å². The summed E-state index contributed by atoms with van der Waals surface area (Å²) in [5.41, 5.74) is 4.02. The van der Waals surface area contributed by atoms with E-state index in [2.05, 4.69) is 46.0 Å². The highest BCUT2D eigenvalue weighted by Crippen LogP contribution is 2.35. The molecule has 1 fully saturated rings. The fourth-order valence-corrected chi connectivity index (χ4v) is 5.92. The van der Waals surface area contributed by atoms with Crippen LogP contribution in [0.4, 0.5) is 0 Å². The van der Waals surface area contributed by atoms with Crippen molar-refractivity contribution < 1.29 is 8.42 Å². The van der Waals surface area contributed by atoms with Crippen molar-refractivity contribution in [1.29, 1.82) is 0 Å². The van der Waals surface area contributed by atoms with Gasteiger partial charge in [-0.3, -0.25) is 0 Å². The highest BCUT2D eigenvalue weighted by atomic mass is 32.2. The third-order valence-corrected chi connectivity index (χ3v) is 7.76. The summed E-state index contributed by atoms with van der Waals surface area (Å²) in [5, 5.41) is 0. The summed E-state index contributed by atoms with van der Waals surface area (Å²) >= 11 is 0. The molecule has 4 nitrogen and oxygen atoms in total. The van der Waals surface area contributed by atoms with E-state index in [0.717, 1.165) is 32.5 Å². The van der Waals surface area contributed by atoms with Crippen LogP contribution >= 0.6 is 0 Å². The first-order valence-corrected chi connectivity index (χ1v) is 11.9. The molecule has 4 rings (SSSR count). The Bertz CT molecular complexity index is 911. The molecule has 5 heteroatoms. The van der Waals surface area contributed by atoms with Gasteiger partial charge >= 0.3 is 0 Å². The Labute approximate surface area is 169 Å². The number of likely N-dealkylation sites (tertiary alicyclic amines) is 1. The third kappa shape index (κ3) is 4.17. The van der Waals surface area contributed by atoms with Crippen LogP contribution in [0.25, 0.3) is 0 Å². The van der Waals surface area contributed by atoms with E-state index in [-0.39, 0.29) is 0 Å². The first kappa shape index (κ1) is 19.6. The molecule has 1 saturated heterocycles. The summed E-state index contributed by atoms with van der Waals surface area (Å²) in [6.07, 6.45) is 4.54. The number of nitrogens with one attached hydrogen (secondary N) is 1. The largest absolute Gasteiger partial charge is 0.302 e. The molecule has 0 saturated carbocycles. The summed E-state index contributed by atoms with van der Waals surface area (Å²) in [4.78, 5) is 3.00. The SMILES string of the molecule is CCNS(=O)(=O)c1ccc2c(c1)CCCC2CN1CCC(c2ccccc2)C1. The second kappa shape index (κ2) is 8.36. The van der Waals surface area contributed by atoms with Gasteiger partial charge in [0.1, 0.15) is 0 Å². The quantitative estimate of drug-likeness (QED) is 0.803. The lowest BCUT2D eigenvalue weighted by molar-refractivity contribution is 0.297. The number of hydrogen-bond donors (Lipinski definition) is 1. The standard InChI is InChI=1S/C23H30N2O2S/c1-2-24-28(26,27)22-11-12-23-19(15-22)9-6-10-21(23)17-25-14-13-20(16-25)18-7-4-3-5-8-18/h3-5,7-8,11-12,15,20-21,24H,2,6,9-10,13-14,16-17H2,1H3. The van der Waals surface area contributed by atoms with Crippen LogP contribution in [0.1, 0.15) is 54.7 Å². The van der Waals surface area contributed by atoms with Crippen LogP contribution in [0, 0.1) is 0 Å². The van der Waals surface area contributed by atoms with E-state index >= 15 is 0 Å². The van der Waals surface area contributed by atoms with E-state index in [4.69, 9.17) is 0 Å². The van der Waals surface area contributed by atoms with E-state index in [9.17, 15) is 8.42 Å². The average molecular weight is 399 g/mol. The van der Waals surface area contributed by atoms with Gasteiger partial charge < -0.3 is 4.90 Å². The Morgan fingerprint density at radius 1 is 1.11 bits per heavy atom. The summed E-state index contributed by atoms with van der Waals surface area (Å²) in [6.45, 7) is 5.58. The molecule has 1 heterocycles. The van der Waals surface area contributed by atoms with Crippen LogP contribution in [0.3, 0.4) is 0 Å². The van der Waals surface area contributed by atoms with Gasteiger partial charge in [0.05, 0.1) is 4.90 Å². The van der Waals surface area contributed by atoms with Gasteiger partial charge in [-0.25, -0.2) is 13.1 Å². The normalized spacial score (nSPS) is 22.9. The summed E-state index contributed by atoms with van der Waals surface area (Å²) in [6, 6.07) is 16.6. The van der Waals surface area contributed by atoms with Crippen molar-refractivity contribution in [1.82, 2.24) is 9.62 Å². The monoisotopic (exact) mass is 398 g/mol.